The Kier molecular flexibility index (Phi) is 5.22. The van der Waals surface area contributed by atoms with E-state index in [-0.39, 0.29) is 11.5 Å². The van der Waals surface area contributed by atoms with Crippen molar-refractivity contribution in [3.05, 3.63) is 29.2 Å². The molecule has 3 heteroatoms. The first-order valence-corrected chi connectivity index (χ1v) is 9.93. The Bertz CT molecular complexity index is 640. The van der Waals surface area contributed by atoms with Crippen LogP contribution in [-0.2, 0) is 12.8 Å². The molecule has 0 bridgehead atoms. The summed E-state index contributed by atoms with van der Waals surface area (Å²) in [5.41, 5.74) is 4.70. The first-order chi connectivity index (χ1) is 11.7. The Labute approximate surface area is 153 Å². The van der Waals surface area contributed by atoms with Crippen molar-refractivity contribution < 1.29 is 4.74 Å². The highest BCUT2D eigenvalue weighted by molar-refractivity contribution is 5.32. The molecular formula is C22H34N2O. The van der Waals surface area contributed by atoms with Gasteiger partial charge in [-0.25, -0.2) is 9.97 Å². The molecule has 0 saturated carbocycles. The monoisotopic (exact) mass is 342 g/mol. The van der Waals surface area contributed by atoms with Gasteiger partial charge < -0.3 is 4.74 Å². The fourth-order valence-corrected chi connectivity index (χ4v) is 4.72. The molecule has 0 saturated heterocycles. The predicted molar refractivity (Wildman–Crippen MR) is 103 cm³/mol. The summed E-state index contributed by atoms with van der Waals surface area (Å²) >= 11 is 0. The Morgan fingerprint density at radius 1 is 1.04 bits per heavy atom. The average molecular weight is 343 g/mol. The van der Waals surface area contributed by atoms with Crippen molar-refractivity contribution in [1.82, 2.24) is 9.97 Å². The van der Waals surface area contributed by atoms with Crippen molar-refractivity contribution in [2.75, 3.05) is 0 Å². The molecule has 0 aromatic carbocycles. The van der Waals surface area contributed by atoms with E-state index in [1.54, 1.807) is 11.9 Å². The maximum absolute atomic E-state index is 6.32. The molecule has 3 rings (SSSR count). The summed E-state index contributed by atoms with van der Waals surface area (Å²) in [4.78, 5) is 8.90. The number of hydrogen-bond acceptors (Lipinski definition) is 3. The fraction of sp³-hybridized carbons (Fsp3) is 0.727. The lowest BCUT2D eigenvalue weighted by Gasteiger charge is -2.37. The third kappa shape index (κ3) is 4.62. The van der Waals surface area contributed by atoms with Crippen LogP contribution in [0, 0.1) is 10.8 Å². The van der Waals surface area contributed by atoms with Gasteiger partial charge in [0, 0.05) is 12.0 Å². The molecule has 2 aliphatic rings. The zero-order valence-electron chi connectivity index (χ0n) is 16.7. The molecule has 0 fully saturated rings. The summed E-state index contributed by atoms with van der Waals surface area (Å²) in [6.07, 6.45) is 13.4. The van der Waals surface area contributed by atoms with E-state index in [1.807, 2.05) is 0 Å². The second kappa shape index (κ2) is 7.09. The van der Waals surface area contributed by atoms with Crippen LogP contribution in [0.15, 0.2) is 18.0 Å². The molecule has 1 heterocycles. The molecule has 2 aliphatic carbocycles. The normalized spacial score (nSPS) is 21.5. The molecule has 3 nitrogen and oxygen atoms in total. The van der Waals surface area contributed by atoms with Gasteiger partial charge in [-0.2, -0.15) is 0 Å². The Morgan fingerprint density at radius 2 is 1.80 bits per heavy atom. The molecule has 0 radical (unpaired) electrons. The van der Waals surface area contributed by atoms with E-state index >= 15 is 0 Å². The van der Waals surface area contributed by atoms with Gasteiger partial charge in [0.05, 0.1) is 5.69 Å². The van der Waals surface area contributed by atoms with Gasteiger partial charge in [0.25, 0.3) is 0 Å². The van der Waals surface area contributed by atoms with Crippen LogP contribution in [0.3, 0.4) is 0 Å². The summed E-state index contributed by atoms with van der Waals surface area (Å²) in [5, 5.41) is 0. The van der Waals surface area contributed by atoms with E-state index in [0.29, 0.717) is 5.41 Å². The van der Waals surface area contributed by atoms with Crippen LogP contribution in [0.2, 0.25) is 0 Å². The maximum Gasteiger partial charge on any atom is 0.220 e. The van der Waals surface area contributed by atoms with E-state index in [2.05, 4.69) is 50.7 Å². The maximum atomic E-state index is 6.32. The minimum atomic E-state index is 0.259. The van der Waals surface area contributed by atoms with E-state index in [1.165, 1.54) is 30.5 Å². The highest BCUT2D eigenvalue weighted by atomic mass is 16.5. The number of ether oxygens (including phenoxy) is 1. The molecule has 0 spiro atoms. The van der Waals surface area contributed by atoms with Crippen LogP contribution < -0.4 is 4.74 Å². The molecule has 1 atom stereocenters. The number of rotatable bonds is 4. The first kappa shape index (κ1) is 18.4. The number of hydrogen-bond donors (Lipinski definition) is 0. The highest BCUT2D eigenvalue weighted by Crippen LogP contribution is 2.43. The quantitative estimate of drug-likeness (QED) is 0.661. The second-order valence-corrected chi connectivity index (χ2v) is 9.68. The number of allylic oxidation sites excluding steroid dienone is 1. The molecule has 0 amide bonds. The van der Waals surface area contributed by atoms with Crippen molar-refractivity contribution in [3.63, 3.8) is 0 Å². The smallest absolute Gasteiger partial charge is 0.220 e. The van der Waals surface area contributed by atoms with Crippen molar-refractivity contribution >= 4 is 0 Å². The lowest BCUT2D eigenvalue weighted by Crippen LogP contribution is -2.28. The van der Waals surface area contributed by atoms with Crippen LogP contribution in [0.4, 0.5) is 0 Å². The van der Waals surface area contributed by atoms with E-state index in [0.717, 1.165) is 38.0 Å². The third-order valence-electron chi connectivity index (χ3n) is 5.57. The predicted octanol–water partition coefficient (Wildman–Crippen LogP) is 5.68. The van der Waals surface area contributed by atoms with Crippen molar-refractivity contribution in [3.8, 4) is 5.88 Å². The lowest BCUT2D eigenvalue weighted by atomic mass is 9.69. The van der Waals surface area contributed by atoms with Crippen molar-refractivity contribution in [2.24, 2.45) is 10.8 Å². The largest absolute Gasteiger partial charge is 0.474 e. The average Bonchev–Trinajstić information content (AvgIpc) is 2.53. The van der Waals surface area contributed by atoms with Gasteiger partial charge in [0.2, 0.25) is 5.88 Å². The van der Waals surface area contributed by atoms with Crippen LogP contribution in [0.1, 0.15) is 84.4 Å². The fourth-order valence-electron chi connectivity index (χ4n) is 4.72. The standard InChI is InChI=1S/C22H34N2O/c1-21(2,3)14-22(4,5)16-10-12-17(13-11-16)25-20-18-8-6-7-9-19(18)23-15-24-20/h10,15,17H,6-9,11-14H2,1-5H3. The van der Waals surface area contributed by atoms with Gasteiger partial charge in [-0.3, -0.25) is 0 Å². The SMILES string of the molecule is CC(C)(C)CC(C)(C)C1=CCC(Oc2ncnc3c2CCCC3)CC1. The van der Waals surface area contributed by atoms with Crippen LogP contribution >= 0.6 is 0 Å². The number of aryl methyl sites for hydroxylation is 1. The molecule has 0 N–H and O–H groups in total. The molecular weight excluding hydrogens is 308 g/mol. The lowest BCUT2D eigenvalue weighted by molar-refractivity contribution is 0.167. The Hall–Kier alpha value is -1.38. The topological polar surface area (TPSA) is 35.0 Å². The Balaban J connectivity index is 1.66. The van der Waals surface area contributed by atoms with Gasteiger partial charge in [-0.1, -0.05) is 46.3 Å². The van der Waals surface area contributed by atoms with Gasteiger partial charge in [-0.05, 0) is 55.8 Å². The van der Waals surface area contributed by atoms with Gasteiger partial charge in [0.15, 0.2) is 0 Å². The second-order valence-electron chi connectivity index (χ2n) is 9.68. The summed E-state index contributed by atoms with van der Waals surface area (Å²) in [6, 6.07) is 0. The van der Waals surface area contributed by atoms with E-state index in [4.69, 9.17) is 4.74 Å². The summed E-state index contributed by atoms with van der Waals surface area (Å²) in [6.45, 7) is 11.8. The zero-order valence-corrected chi connectivity index (χ0v) is 16.7. The number of fused-ring (bicyclic) bond motifs is 1. The number of aromatic nitrogens is 2. The molecule has 25 heavy (non-hydrogen) atoms. The summed E-state index contributed by atoms with van der Waals surface area (Å²) in [7, 11) is 0. The van der Waals surface area contributed by atoms with Crippen molar-refractivity contribution in [2.45, 2.75) is 92.1 Å². The summed E-state index contributed by atoms with van der Waals surface area (Å²) < 4.78 is 6.32. The molecule has 1 unspecified atom stereocenters. The molecule has 1 aromatic rings. The minimum Gasteiger partial charge on any atom is -0.474 e. The van der Waals surface area contributed by atoms with Crippen LogP contribution in [0.25, 0.3) is 0 Å². The van der Waals surface area contributed by atoms with Gasteiger partial charge >= 0.3 is 0 Å². The molecule has 0 aliphatic heterocycles. The Morgan fingerprint density at radius 3 is 2.48 bits per heavy atom. The molecule has 138 valence electrons. The third-order valence-corrected chi connectivity index (χ3v) is 5.57. The van der Waals surface area contributed by atoms with E-state index < -0.39 is 0 Å². The van der Waals surface area contributed by atoms with Gasteiger partial charge in [0.1, 0.15) is 12.4 Å². The van der Waals surface area contributed by atoms with Crippen LogP contribution in [0.5, 0.6) is 5.88 Å². The zero-order chi connectivity index (χ0) is 18.1. The first-order valence-electron chi connectivity index (χ1n) is 9.93. The van der Waals surface area contributed by atoms with Gasteiger partial charge in [-0.15, -0.1) is 0 Å². The number of nitrogens with zero attached hydrogens (tertiary/aromatic N) is 2. The summed E-state index contributed by atoms with van der Waals surface area (Å²) in [5.74, 6) is 0.848. The minimum absolute atomic E-state index is 0.259. The highest BCUT2D eigenvalue weighted by Gasteiger charge is 2.31. The van der Waals surface area contributed by atoms with E-state index in [9.17, 15) is 0 Å². The van der Waals surface area contributed by atoms with Crippen molar-refractivity contribution in [1.29, 1.82) is 0 Å². The van der Waals surface area contributed by atoms with Crippen LogP contribution in [-0.4, -0.2) is 16.1 Å². The molecule has 1 aromatic heterocycles.